The second-order valence-corrected chi connectivity index (χ2v) is 3.65. The maximum absolute atomic E-state index is 5.84. The highest BCUT2D eigenvalue weighted by atomic mass is 35.5. The van der Waals surface area contributed by atoms with Gasteiger partial charge in [0.2, 0.25) is 5.28 Å². The normalized spacial score (nSPS) is 10.4. The molecular weight excluding hydrogens is 242 g/mol. The summed E-state index contributed by atoms with van der Waals surface area (Å²) in [5.41, 5.74) is 0.701. The summed E-state index contributed by atoms with van der Waals surface area (Å²) in [5.74, 6) is 1.89. The molecule has 0 saturated carbocycles. The van der Waals surface area contributed by atoms with E-state index in [9.17, 15) is 0 Å². The molecule has 90 valence electrons. The highest BCUT2D eigenvalue weighted by molar-refractivity contribution is 6.28. The number of nitrogens with one attached hydrogen (secondary N) is 1. The molecule has 2 rings (SSSR count). The van der Waals surface area contributed by atoms with E-state index in [0.29, 0.717) is 22.8 Å². The Morgan fingerprint density at radius 3 is 2.35 bits per heavy atom. The fourth-order valence-electron chi connectivity index (χ4n) is 1.62. The van der Waals surface area contributed by atoms with E-state index in [1.165, 1.54) is 0 Å². The Bertz CT molecular complexity index is 560. The van der Waals surface area contributed by atoms with Crippen LogP contribution in [0.25, 0.3) is 10.9 Å². The second kappa shape index (κ2) is 4.63. The van der Waals surface area contributed by atoms with Gasteiger partial charge in [0.1, 0.15) is 5.82 Å². The quantitative estimate of drug-likeness (QED) is 0.851. The van der Waals surface area contributed by atoms with Crippen molar-refractivity contribution in [2.75, 3.05) is 26.6 Å². The molecule has 0 spiro atoms. The zero-order valence-corrected chi connectivity index (χ0v) is 10.5. The second-order valence-electron chi connectivity index (χ2n) is 3.32. The molecule has 1 aromatic heterocycles. The first-order valence-electron chi connectivity index (χ1n) is 4.96. The van der Waals surface area contributed by atoms with Crippen LogP contribution in [0, 0.1) is 0 Å². The van der Waals surface area contributed by atoms with Crippen molar-refractivity contribution in [3.8, 4) is 11.5 Å². The van der Waals surface area contributed by atoms with Crippen LogP contribution in [0.5, 0.6) is 11.5 Å². The van der Waals surface area contributed by atoms with Crippen LogP contribution in [0.2, 0.25) is 5.28 Å². The molecular formula is C11H12ClN3O2. The zero-order valence-electron chi connectivity index (χ0n) is 9.74. The average molecular weight is 254 g/mol. The SMILES string of the molecule is CNc1nc(Cl)nc2cc(OC)c(OC)cc12. The molecule has 6 heteroatoms. The van der Waals surface area contributed by atoms with E-state index in [1.807, 2.05) is 6.07 Å². The zero-order chi connectivity index (χ0) is 12.4. The predicted octanol–water partition coefficient (Wildman–Crippen LogP) is 2.34. The lowest BCUT2D eigenvalue weighted by atomic mass is 10.2. The van der Waals surface area contributed by atoms with E-state index in [4.69, 9.17) is 21.1 Å². The summed E-state index contributed by atoms with van der Waals surface area (Å²) >= 11 is 5.84. The molecule has 5 nitrogen and oxygen atoms in total. The van der Waals surface area contributed by atoms with Gasteiger partial charge in [0.15, 0.2) is 11.5 Å². The fraction of sp³-hybridized carbons (Fsp3) is 0.273. The minimum absolute atomic E-state index is 0.189. The fourth-order valence-corrected chi connectivity index (χ4v) is 1.79. The minimum Gasteiger partial charge on any atom is -0.493 e. The summed E-state index contributed by atoms with van der Waals surface area (Å²) in [5, 5.41) is 3.98. The van der Waals surface area contributed by atoms with E-state index in [2.05, 4.69) is 15.3 Å². The number of halogens is 1. The van der Waals surface area contributed by atoms with E-state index in [0.717, 1.165) is 5.39 Å². The van der Waals surface area contributed by atoms with Gasteiger partial charge >= 0.3 is 0 Å². The van der Waals surface area contributed by atoms with Crippen LogP contribution in [0.1, 0.15) is 0 Å². The predicted molar refractivity (Wildman–Crippen MR) is 67.2 cm³/mol. The largest absolute Gasteiger partial charge is 0.493 e. The van der Waals surface area contributed by atoms with Crippen molar-refractivity contribution in [2.24, 2.45) is 0 Å². The van der Waals surface area contributed by atoms with Crippen LogP contribution in [0.15, 0.2) is 12.1 Å². The van der Waals surface area contributed by atoms with Gasteiger partial charge in [-0.25, -0.2) is 9.97 Å². The molecule has 0 aliphatic heterocycles. The molecule has 0 saturated heterocycles. The molecule has 0 amide bonds. The number of methoxy groups -OCH3 is 2. The van der Waals surface area contributed by atoms with Crippen molar-refractivity contribution < 1.29 is 9.47 Å². The van der Waals surface area contributed by atoms with Gasteiger partial charge in [-0.2, -0.15) is 0 Å². The topological polar surface area (TPSA) is 56.3 Å². The molecule has 0 bridgehead atoms. The van der Waals surface area contributed by atoms with Gasteiger partial charge in [-0.3, -0.25) is 0 Å². The number of benzene rings is 1. The van der Waals surface area contributed by atoms with Crippen LogP contribution >= 0.6 is 11.6 Å². The van der Waals surface area contributed by atoms with Crippen molar-refractivity contribution in [1.29, 1.82) is 0 Å². The molecule has 1 N–H and O–H groups in total. The summed E-state index contributed by atoms with van der Waals surface area (Å²) in [6, 6.07) is 3.58. The standard InChI is InChI=1S/C11H12ClN3O2/c1-13-10-6-4-8(16-2)9(17-3)5-7(6)14-11(12)15-10/h4-5H,1-3H3,(H,13,14,15). The Kier molecular flexibility index (Phi) is 3.19. The third-order valence-corrected chi connectivity index (χ3v) is 2.58. The average Bonchev–Trinajstić information content (AvgIpc) is 2.35. The summed E-state index contributed by atoms with van der Waals surface area (Å²) < 4.78 is 10.4. The highest BCUT2D eigenvalue weighted by Crippen LogP contribution is 2.34. The van der Waals surface area contributed by atoms with E-state index in [-0.39, 0.29) is 5.28 Å². The van der Waals surface area contributed by atoms with Crippen LogP contribution in [-0.4, -0.2) is 31.2 Å². The Balaban J connectivity index is 2.77. The van der Waals surface area contributed by atoms with E-state index < -0.39 is 0 Å². The Hall–Kier alpha value is -1.75. The van der Waals surface area contributed by atoms with Gasteiger partial charge in [-0.05, 0) is 17.7 Å². The molecule has 1 aromatic carbocycles. The first-order valence-corrected chi connectivity index (χ1v) is 5.34. The summed E-state index contributed by atoms with van der Waals surface area (Å²) in [6.45, 7) is 0. The Labute approximate surface area is 104 Å². The molecule has 0 unspecified atom stereocenters. The van der Waals surface area contributed by atoms with Gasteiger partial charge in [-0.15, -0.1) is 0 Å². The van der Waals surface area contributed by atoms with Gasteiger partial charge in [0, 0.05) is 18.5 Å². The maximum Gasteiger partial charge on any atom is 0.224 e. The number of nitrogens with zero attached hydrogens (tertiary/aromatic N) is 2. The minimum atomic E-state index is 0.189. The van der Waals surface area contributed by atoms with Gasteiger partial charge < -0.3 is 14.8 Å². The molecule has 0 fully saturated rings. The van der Waals surface area contributed by atoms with Gasteiger partial charge in [-0.1, -0.05) is 0 Å². The smallest absolute Gasteiger partial charge is 0.224 e. The Morgan fingerprint density at radius 1 is 1.12 bits per heavy atom. The van der Waals surface area contributed by atoms with Gasteiger partial charge in [0.25, 0.3) is 0 Å². The highest BCUT2D eigenvalue weighted by Gasteiger charge is 2.11. The molecule has 0 aliphatic carbocycles. The summed E-state index contributed by atoms with van der Waals surface area (Å²) in [6.07, 6.45) is 0. The number of ether oxygens (including phenoxy) is 2. The number of aromatic nitrogens is 2. The first-order chi connectivity index (χ1) is 8.19. The van der Waals surface area contributed by atoms with Crippen LogP contribution in [0.3, 0.4) is 0 Å². The van der Waals surface area contributed by atoms with Crippen molar-refractivity contribution in [2.45, 2.75) is 0 Å². The van der Waals surface area contributed by atoms with Crippen molar-refractivity contribution in [3.05, 3.63) is 17.4 Å². The van der Waals surface area contributed by atoms with Crippen LogP contribution in [0.4, 0.5) is 5.82 Å². The number of anilines is 1. The number of rotatable bonds is 3. The third kappa shape index (κ3) is 2.06. The lowest BCUT2D eigenvalue weighted by molar-refractivity contribution is 0.356. The monoisotopic (exact) mass is 253 g/mol. The summed E-state index contributed by atoms with van der Waals surface area (Å²) in [4.78, 5) is 8.24. The van der Waals surface area contributed by atoms with Crippen molar-refractivity contribution in [1.82, 2.24) is 9.97 Å². The van der Waals surface area contributed by atoms with Crippen molar-refractivity contribution >= 4 is 28.3 Å². The number of hydrogen-bond donors (Lipinski definition) is 1. The maximum atomic E-state index is 5.84. The Morgan fingerprint density at radius 2 is 1.76 bits per heavy atom. The number of hydrogen-bond acceptors (Lipinski definition) is 5. The molecule has 0 atom stereocenters. The molecule has 2 aromatic rings. The molecule has 0 radical (unpaired) electrons. The lowest BCUT2D eigenvalue weighted by Gasteiger charge is -2.10. The lowest BCUT2D eigenvalue weighted by Crippen LogP contribution is -1.98. The summed E-state index contributed by atoms with van der Waals surface area (Å²) in [7, 11) is 4.93. The molecule has 0 aliphatic rings. The number of fused-ring (bicyclic) bond motifs is 1. The molecule has 17 heavy (non-hydrogen) atoms. The van der Waals surface area contributed by atoms with Gasteiger partial charge in [0.05, 0.1) is 19.7 Å². The molecule has 1 heterocycles. The third-order valence-electron chi connectivity index (χ3n) is 2.41. The first kappa shape index (κ1) is 11.7. The van der Waals surface area contributed by atoms with Crippen LogP contribution in [-0.2, 0) is 0 Å². The van der Waals surface area contributed by atoms with Crippen LogP contribution < -0.4 is 14.8 Å². The van der Waals surface area contributed by atoms with E-state index in [1.54, 1.807) is 27.3 Å². The van der Waals surface area contributed by atoms with E-state index >= 15 is 0 Å². The van der Waals surface area contributed by atoms with Crippen molar-refractivity contribution in [3.63, 3.8) is 0 Å².